The number of imide groups is 3. The summed E-state index contributed by atoms with van der Waals surface area (Å²) in [4.78, 5) is 35.3. The molecule has 98 valence electrons. The summed E-state index contributed by atoms with van der Waals surface area (Å²) in [5.74, 6) is -0.684. The minimum absolute atomic E-state index is 0.165. The molecule has 0 aromatic heterocycles. The first-order valence-electron chi connectivity index (χ1n) is 5.14. The first-order valence-corrected chi connectivity index (χ1v) is 6.34. The SMILES string of the molecule is COC(=O)N1C(=O)S/C(=C/c2ccc(Cl)cc2)C1=O. The highest BCUT2D eigenvalue weighted by Gasteiger charge is 2.40. The maximum Gasteiger partial charge on any atom is 0.424 e. The van der Waals surface area contributed by atoms with E-state index in [0.717, 1.165) is 7.11 Å². The second kappa shape index (κ2) is 5.46. The lowest BCUT2D eigenvalue weighted by molar-refractivity contribution is -0.121. The lowest BCUT2D eigenvalue weighted by Crippen LogP contribution is -2.34. The van der Waals surface area contributed by atoms with Gasteiger partial charge < -0.3 is 4.74 Å². The summed E-state index contributed by atoms with van der Waals surface area (Å²) in [5.41, 5.74) is 0.708. The van der Waals surface area contributed by atoms with Crippen molar-refractivity contribution in [1.82, 2.24) is 4.90 Å². The molecule has 0 bridgehead atoms. The van der Waals surface area contributed by atoms with E-state index in [1.54, 1.807) is 24.3 Å². The van der Waals surface area contributed by atoms with Crippen LogP contribution in [0.1, 0.15) is 5.56 Å². The molecule has 0 saturated carbocycles. The van der Waals surface area contributed by atoms with Gasteiger partial charge in [-0.25, -0.2) is 4.79 Å². The predicted octanol–water partition coefficient (Wildman–Crippen LogP) is 3.14. The maximum atomic E-state index is 11.9. The average Bonchev–Trinajstić information content (AvgIpc) is 2.66. The van der Waals surface area contributed by atoms with Crippen LogP contribution in [-0.2, 0) is 9.53 Å². The molecule has 1 aliphatic heterocycles. The minimum Gasteiger partial charge on any atom is -0.452 e. The number of benzene rings is 1. The molecule has 1 aliphatic rings. The standard InChI is InChI=1S/C12H8ClNO4S/c1-18-11(16)14-10(15)9(19-12(14)17)6-7-2-4-8(13)5-3-7/h2-6H,1H3/b9-6+. The van der Waals surface area contributed by atoms with Crippen LogP contribution in [0.4, 0.5) is 9.59 Å². The first kappa shape index (κ1) is 13.6. The van der Waals surface area contributed by atoms with E-state index < -0.39 is 17.2 Å². The van der Waals surface area contributed by atoms with Crippen molar-refractivity contribution in [2.24, 2.45) is 0 Å². The number of halogens is 1. The second-order valence-electron chi connectivity index (χ2n) is 3.54. The number of thioether (sulfide) groups is 1. The van der Waals surface area contributed by atoms with Crippen molar-refractivity contribution < 1.29 is 19.1 Å². The van der Waals surface area contributed by atoms with Crippen LogP contribution in [0.5, 0.6) is 0 Å². The summed E-state index contributed by atoms with van der Waals surface area (Å²) < 4.78 is 4.38. The molecule has 0 unspecified atom stereocenters. The number of hydrogen-bond donors (Lipinski definition) is 0. The van der Waals surface area contributed by atoms with Crippen LogP contribution >= 0.6 is 23.4 Å². The molecule has 5 nitrogen and oxygen atoms in total. The molecule has 1 fully saturated rings. The number of methoxy groups -OCH3 is 1. The number of carbonyl (C=O) groups excluding carboxylic acids is 3. The number of nitrogens with zero attached hydrogens (tertiary/aromatic N) is 1. The third kappa shape index (κ3) is 2.80. The van der Waals surface area contributed by atoms with Gasteiger partial charge in [-0.2, -0.15) is 4.90 Å². The number of ether oxygens (including phenoxy) is 1. The highest BCUT2D eigenvalue weighted by molar-refractivity contribution is 8.18. The van der Waals surface area contributed by atoms with Crippen molar-refractivity contribution in [1.29, 1.82) is 0 Å². The van der Waals surface area contributed by atoms with Gasteiger partial charge >= 0.3 is 11.3 Å². The Bertz CT molecular complexity index is 582. The molecular weight excluding hydrogens is 290 g/mol. The van der Waals surface area contributed by atoms with E-state index >= 15 is 0 Å². The normalized spacial score (nSPS) is 17.2. The summed E-state index contributed by atoms with van der Waals surface area (Å²) in [6, 6.07) is 6.73. The van der Waals surface area contributed by atoms with Crippen LogP contribution in [0, 0.1) is 0 Å². The molecule has 0 aliphatic carbocycles. The minimum atomic E-state index is -0.984. The van der Waals surface area contributed by atoms with E-state index in [0.29, 0.717) is 27.2 Å². The van der Waals surface area contributed by atoms with Crippen molar-refractivity contribution in [2.45, 2.75) is 0 Å². The van der Waals surface area contributed by atoms with Crippen molar-refractivity contribution in [3.8, 4) is 0 Å². The van der Waals surface area contributed by atoms with Gasteiger partial charge in [-0.15, -0.1) is 0 Å². The number of rotatable bonds is 1. The molecule has 1 aromatic rings. The summed E-state index contributed by atoms with van der Waals surface area (Å²) in [6.45, 7) is 0. The molecule has 19 heavy (non-hydrogen) atoms. The maximum absolute atomic E-state index is 11.9. The zero-order valence-corrected chi connectivity index (χ0v) is 11.3. The van der Waals surface area contributed by atoms with Crippen molar-refractivity contribution in [2.75, 3.05) is 7.11 Å². The molecular formula is C12H8ClNO4S. The van der Waals surface area contributed by atoms with Crippen molar-refractivity contribution in [3.05, 3.63) is 39.8 Å². The number of hydrogen-bond acceptors (Lipinski definition) is 5. The highest BCUT2D eigenvalue weighted by atomic mass is 35.5. The van der Waals surface area contributed by atoms with E-state index in [1.807, 2.05) is 0 Å². The van der Waals surface area contributed by atoms with Gasteiger partial charge in [0, 0.05) is 5.02 Å². The van der Waals surface area contributed by atoms with E-state index in [1.165, 1.54) is 6.08 Å². The molecule has 0 radical (unpaired) electrons. The van der Waals surface area contributed by atoms with Gasteiger partial charge in [-0.3, -0.25) is 9.59 Å². The number of carbonyl (C=O) groups is 3. The van der Waals surface area contributed by atoms with Crippen molar-refractivity contribution >= 4 is 46.7 Å². The molecule has 1 saturated heterocycles. The Kier molecular flexibility index (Phi) is 3.92. The quantitative estimate of drug-likeness (QED) is 0.745. The fraction of sp³-hybridized carbons (Fsp3) is 0.0833. The van der Waals surface area contributed by atoms with Gasteiger partial charge in [0.15, 0.2) is 0 Å². The third-order valence-electron chi connectivity index (χ3n) is 2.32. The molecule has 1 aromatic carbocycles. The summed E-state index contributed by atoms with van der Waals surface area (Å²) in [5, 5.41) is -0.100. The summed E-state index contributed by atoms with van der Waals surface area (Å²) >= 11 is 6.44. The van der Waals surface area contributed by atoms with Crippen LogP contribution in [-0.4, -0.2) is 29.2 Å². The van der Waals surface area contributed by atoms with Gasteiger partial charge in [0.05, 0.1) is 12.0 Å². The second-order valence-corrected chi connectivity index (χ2v) is 4.97. The summed E-state index contributed by atoms with van der Waals surface area (Å²) in [7, 11) is 1.11. The zero-order valence-electron chi connectivity index (χ0n) is 9.75. The molecule has 3 amide bonds. The molecule has 0 atom stereocenters. The zero-order chi connectivity index (χ0) is 14.0. The molecule has 7 heteroatoms. The monoisotopic (exact) mass is 297 g/mol. The number of amides is 3. The fourth-order valence-electron chi connectivity index (χ4n) is 1.43. The Balaban J connectivity index is 2.28. The van der Waals surface area contributed by atoms with Crippen LogP contribution in [0.2, 0.25) is 5.02 Å². The van der Waals surface area contributed by atoms with Crippen LogP contribution in [0.15, 0.2) is 29.2 Å². The Hall–Kier alpha value is -1.79. The average molecular weight is 298 g/mol. The first-order chi connectivity index (χ1) is 9.02. The van der Waals surface area contributed by atoms with Crippen LogP contribution < -0.4 is 0 Å². The molecule has 2 rings (SSSR count). The smallest absolute Gasteiger partial charge is 0.424 e. The van der Waals surface area contributed by atoms with E-state index in [2.05, 4.69) is 4.74 Å². The highest BCUT2D eigenvalue weighted by Crippen LogP contribution is 2.32. The van der Waals surface area contributed by atoms with Crippen LogP contribution in [0.3, 0.4) is 0 Å². The van der Waals surface area contributed by atoms with Gasteiger partial charge in [0.1, 0.15) is 0 Å². The lowest BCUT2D eigenvalue weighted by atomic mass is 10.2. The molecule has 0 N–H and O–H groups in total. The predicted molar refractivity (Wildman–Crippen MR) is 71.7 cm³/mol. The van der Waals surface area contributed by atoms with E-state index in [4.69, 9.17) is 11.6 Å². The Labute approximate surface area is 118 Å². The molecule has 1 heterocycles. The van der Waals surface area contributed by atoms with Gasteiger partial charge in [0.25, 0.3) is 5.91 Å². The Morgan fingerprint density at radius 2 is 1.95 bits per heavy atom. The molecule has 0 spiro atoms. The van der Waals surface area contributed by atoms with Gasteiger partial charge in [-0.05, 0) is 35.5 Å². The van der Waals surface area contributed by atoms with Crippen molar-refractivity contribution in [3.63, 3.8) is 0 Å². The van der Waals surface area contributed by atoms with E-state index in [-0.39, 0.29) is 4.91 Å². The Morgan fingerprint density at radius 1 is 1.32 bits per heavy atom. The Morgan fingerprint density at radius 3 is 2.53 bits per heavy atom. The fourth-order valence-corrected chi connectivity index (χ4v) is 2.36. The summed E-state index contributed by atoms with van der Waals surface area (Å²) in [6.07, 6.45) is 0.534. The topological polar surface area (TPSA) is 63.7 Å². The van der Waals surface area contributed by atoms with Gasteiger partial charge in [-0.1, -0.05) is 23.7 Å². The lowest BCUT2D eigenvalue weighted by Gasteiger charge is -2.07. The third-order valence-corrected chi connectivity index (χ3v) is 3.44. The van der Waals surface area contributed by atoms with E-state index in [9.17, 15) is 14.4 Å². The largest absolute Gasteiger partial charge is 0.452 e. The van der Waals surface area contributed by atoms with Crippen LogP contribution in [0.25, 0.3) is 6.08 Å². The van der Waals surface area contributed by atoms with Gasteiger partial charge in [0.2, 0.25) is 0 Å².